The Labute approximate surface area is 168 Å². The van der Waals surface area contributed by atoms with Crippen LogP contribution in [-0.2, 0) is 0 Å². The highest BCUT2D eigenvalue weighted by Gasteiger charge is 2.33. The van der Waals surface area contributed by atoms with Gasteiger partial charge in [0.15, 0.2) is 0 Å². The van der Waals surface area contributed by atoms with E-state index >= 15 is 0 Å². The van der Waals surface area contributed by atoms with Crippen molar-refractivity contribution in [1.82, 2.24) is 14.8 Å². The number of hydrogen-bond donors (Lipinski definition) is 2. The highest BCUT2D eigenvalue weighted by Crippen LogP contribution is 2.30. The zero-order chi connectivity index (χ0) is 20.4. The summed E-state index contributed by atoms with van der Waals surface area (Å²) in [6.45, 7) is 2.03. The monoisotopic (exact) mass is 398 g/mol. The topological polar surface area (TPSA) is 85.8 Å². The van der Waals surface area contributed by atoms with E-state index in [2.05, 4.69) is 10.3 Å². The molecule has 29 heavy (non-hydrogen) atoms. The Kier molecular flexibility index (Phi) is 5.33. The van der Waals surface area contributed by atoms with Crippen LogP contribution in [0.2, 0.25) is 0 Å². The van der Waals surface area contributed by atoms with Crippen molar-refractivity contribution in [2.45, 2.75) is 24.7 Å². The second kappa shape index (κ2) is 8.06. The van der Waals surface area contributed by atoms with Gasteiger partial charge in [0.1, 0.15) is 0 Å². The van der Waals surface area contributed by atoms with Crippen molar-refractivity contribution in [3.63, 3.8) is 0 Å². The standard InChI is InChI=1S/C21H23FN4O3/c22-19-18(2-1-9-23-19)16-12-26(13-16)20(27)24-17-5-3-14(4-6-17)15-7-10-25(11-8-15)21(28)29/h1-6,9,15-16H,7-8,10-13H2,(H,24,27)(H,28,29). The molecular formula is C21H23FN4O3. The van der Waals surface area contributed by atoms with Gasteiger partial charge in [-0.3, -0.25) is 0 Å². The minimum absolute atomic E-state index is 0.0199. The normalized spacial score (nSPS) is 17.7. The van der Waals surface area contributed by atoms with Gasteiger partial charge < -0.3 is 20.2 Å². The number of amides is 3. The van der Waals surface area contributed by atoms with Gasteiger partial charge in [0.05, 0.1) is 0 Å². The molecule has 152 valence electrons. The van der Waals surface area contributed by atoms with Crippen molar-refractivity contribution in [3.8, 4) is 0 Å². The predicted octanol–water partition coefficient (Wildman–Crippen LogP) is 3.71. The van der Waals surface area contributed by atoms with Gasteiger partial charge in [-0.25, -0.2) is 14.6 Å². The molecule has 0 spiro atoms. The first-order chi connectivity index (χ1) is 14.0. The van der Waals surface area contributed by atoms with Crippen LogP contribution in [0.4, 0.5) is 19.7 Å². The predicted molar refractivity (Wildman–Crippen MR) is 106 cm³/mol. The average molecular weight is 398 g/mol. The lowest BCUT2D eigenvalue weighted by Crippen LogP contribution is -2.50. The first kappa shape index (κ1) is 19.2. The summed E-state index contributed by atoms with van der Waals surface area (Å²) >= 11 is 0. The van der Waals surface area contributed by atoms with Gasteiger partial charge >= 0.3 is 12.1 Å². The Morgan fingerprint density at radius 3 is 2.34 bits per heavy atom. The first-order valence-corrected chi connectivity index (χ1v) is 9.75. The number of benzene rings is 1. The van der Waals surface area contributed by atoms with Gasteiger partial charge in [-0.1, -0.05) is 18.2 Å². The molecule has 0 atom stereocenters. The third-order valence-corrected chi connectivity index (χ3v) is 5.80. The Balaban J connectivity index is 1.28. The lowest BCUT2D eigenvalue weighted by atomic mass is 9.89. The maximum atomic E-state index is 13.7. The molecule has 2 aromatic rings. The van der Waals surface area contributed by atoms with Gasteiger partial charge in [0.25, 0.3) is 0 Å². The van der Waals surface area contributed by atoms with Crippen molar-refractivity contribution in [1.29, 1.82) is 0 Å². The number of likely N-dealkylation sites (tertiary alicyclic amines) is 2. The summed E-state index contributed by atoms with van der Waals surface area (Å²) < 4.78 is 13.7. The number of halogens is 1. The number of nitrogens with zero attached hydrogens (tertiary/aromatic N) is 3. The Morgan fingerprint density at radius 1 is 1.03 bits per heavy atom. The summed E-state index contributed by atoms with van der Waals surface area (Å²) in [5.41, 5.74) is 2.41. The number of nitrogens with one attached hydrogen (secondary N) is 1. The molecule has 3 heterocycles. The van der Waals surface area contributed by atoms with Crippen molar-refractivity contribution in [2.75, 3.05) is 31.5 Å². The van der Waals surface area contributed by atoms with Crippen LogP contribution in [0.3, 0.4) is 0 Å². The van der Waals surface area contributed by atoms with Crippen LogP contribution < -0.4 is 5.32 Å². The summed E-state index contributed by atoms with van der Waals surface area (Å²) in [5.74, 6) is -0.156. The van der Waals surface area contributed by atoms with E-state index in [1.54, 1.807) is 17.0 Å². The fraction of sp³-hybridized carbons (Fsp3) is 0.381. The van der Waals surface area contributed by atoms with Crippen molar-refractivity contribution in [3.05, 3.63) is 59.7 Å². The Morgan fingerprint density at radius 2 is 1.72 bits per heavy atom. The van der Waals surface area contributed by atoms with Crippen LogP contribution in [0.15, 0.2) is 42.6 Å². The minimum atomic E-state index is -0.860. The van der Waals surface area contributed by atoms with Crippen LogP contribution in [0.5, 0.6) is 0 Å². The lowest BCUT2D eigenvalue weighted by molar-refractivity contribution is 0.132. The highest BCUT2D eigenvalue weighted by atomic mass is 19.1. The van der Waals surface area contributed by atoms with E-state index in [0.29, 0.717) is 43.3 Å². The number of hydrogen-bond acceptors (Lipinski definition) is 3. The van der Waals surface area contributed by atoms with E-state index in [9.17, 15) is 14.0 Å². The van der Waals surface area contributed by atoms with Crippen molar-refractivity contribution < 1.29 is 19.1 Å². The zero-order valence-corrected chi connectivity index (χ0v) is 15.9. The number of piperidine rings is 1. The van der Waals surface area contributed by atoms with E-state index in [-0.39, 0.29) is 11.9 Å². The molecule has 0 aliphatic carbocycles. The molecule has 8 heteroatoms. The van der Waals surface area contributed by atoms with E-state index in [4.69, 9.17) is 5.11 Å². The number of carboxylic acid groups (broad SMARTS) is 1. The molecule has 2 aliphatic rings. The second-order valence-corrected chi connectivity index (χ2v) is 7.58. The molecule has 2 aliphatic heterocycles. The van der Waals surface area contributed by atoms with Crippen LogP contribution in [0.25, 0.3) is 0 Å². The van der Waals surface area contributed by atoms with Gasteiger partial charge in [0.2, 0.25) is 5.95 Å². The third-order valence-electron chi connectivity index (χ3n) is 5.80. The number of urea groups is 1. The fourth-order valence-corrected chi connectivity index (χ4v) is 3.99. The number of carbonyl (C=O) groups is 2. The van der Waals surface area contributed by atoms with E-state index in [1.807, 2.05) is 24.3 Å². The van der Waals surface area contributed by atoms with E-state index < -0.39 is 12.0 Å². The number of rotatable bonds is 3. The molecule has 7 nitrogen and oxygen atoms in total. The minimum Gasteiger partial charge on any atom is -0.465 e. The summed E-state index contributed by atoms with van der Waals surface area (Å²) in [4.78, 5) is 30.1. The van der Waals surface area contributed by atoms with E-state index in [1.165, 1.54) is 11.1 Å². The molecule has 2 fully saturated rings. The Hall–Kier alpha value is -3.16. The molecular weight excluding hydrogens is 375 g/mol. The summed E-state index contributed by atoms with van der Waals surface area (Å²) in [7, 11) is 0. The van der Waals surface area contributed by atoms with Gasteiger partial charge in [-0.15, -0.1) is 0 Å². The third kappa shape index (κ3) is 4.16. The molecule has 0 radical (unpaired) electrons. The first-order valence-electron chi connectivity index (χ1n) is 9.75. The maximum absolute atomic E-state index is 13.7. The Bertz CT molecular complexity index is 891. The molecule has 3 amide bonds. The molecule has 2 saturated heterocycles. The molecule has 2 N–H and O–H groups in total. The van der Waals surface area contributed by atoms with Crippen LogP contribution in [0, 0.1) is 5.95 Å². The van der Waals surface area contributed by atoms with Gasteiger partial charge in [-0.2, -0.15) is 4.39 Å². The van der Waals surface area contributed by atoms with E-state index in [0.717, 1.165) is 18.4 Å². The molecule has 1 aromatic carbocycles. The smallest absolute Gasteiger partial charge is 0.407 e. The van der Waals surface area contributed by atoms with Crippen molar-refractivity contribution >= 4 is 17.8 Å². The highest BCUT2D eigenvalue weighted by molar-refractivity contribution is 5.90. The number of aromatic nitrogens is 1. The second-order valence-electron chi connectivity index (χ2n) is 7.58. The molecule has 0 saturated carbocycles. The van der Waals surface area contributed by atoms with Crippen LogP contribution in [-0.4, -0.2) is 58.2 Å². The largest absolute Gasteiger partial charge is 0.465 e. The maximum Gasteiger partial charge on any atom is 0.407 e. The van der Waals surface area contributed by atoms with Gasteiger partial charge in [0, 0.05) is 49.5 Å². The van der Waals surface area contributed by atoms with Crippen LogP contribution >= 0.6 is 0 Å². The molecule has 1 aromatic heterocycles. The van der Waals surface area contributed by atoms with Gasteiger partial charge in [-0.05, 0) is 42.5 Å². The summed E-state index contributed by atoms with van der Waals surface area (Å²) in [5, 5.41) is 11.9. The molecule has 4 rings (SSSR count). The SMILES string of the molecule is O=C(O)N1CCC(c2ccc(NC(=O)N3CC(c4cccnc4F)C3)cc2)CC1. The quantitative estimate of drug-likeness (QED) is 0.772. The number of anilines is 1. The van der Waals surface area contributed by atoms with Crippen LogP contribution in [0.1, 0.15) is 35.8 Å². The molecule has 0 bridgehead atoms. The number of pyridine rings is 1. The summed E-state index contributed by atoms with van der Waals surface area (Å²) in [6, 6.07) is 10.9. The fourth-order valence-electron chi connectivity index (χ4n) is 3.99. The van der Waals surface area contributed by atoms with Crippen molar-refractivity contribution in [2.24, 2.45) is 0 Å². The lowest BCUT2D eigenvalue weighted by Gasteiger charge is -2.39. The zero-order valence-electron chi connectivity index (χ0n) is 15.9. The molecule has 0 unspecified atom stereocenters. The summed E-state index contributed by atoms with van der Waals surface area (Å²) in [6.07, 6.45) is 2.16. The average Bonchev–Trinajstić information content (AvgIpc) is 2.69. The number of carbonyl (C=O) groups excluding carboxylic acids is 1.